The molecule has 0 saturated heterocycles. The molecule has 0 bridgehead atoms. The van der Waals surface area contributed by atoms with Crippen LogP contribution in [0.4, 0.5) is 0 Å². The first-order valence-corrected chi connectivity index (χ1v) is 5.72. The summed E-state index contributed by atoms with van der Waals surface area (Å²) in [6, 6.07) is 3.47. The minimum absolute atomic E-state index is 0.375. The summed E-state index contributed by atoms with van der Waals surface area (Å²) in [5, 5.41) is 0. The molecule has 0 spiro atoms. The summed E-state index contributed by atoms with van der Waals surface area (Å²) < 4.78 is 11.6. The van der Waals surface area contributed by atoms with Gasteiger partial charge >= 0.3 is 11.9 Å². The van der Waals surface area contributed by atoms with E-state index in [1.165, 1.54) is 0 Å². The molecule has 100 valence electrons. The van der Waals surface area contributed by atoms with Crippen molar-refractivity contribution in [3.05, 3.63) is 23.5 Å². The molecule has 0 saturated carbocycles. The van der Waals surface area contributed by atoms with Crippen LogP contribution >= 0.6 is 0 Å². The highest BCUT2D eigenvalue weighted by atomic mass is 16.6. The Balaban J connectivity index is 2.52. The SMILES string of the molecule is Cc1ccc(C(=O)OCC(=O)OC(C)(C)C)n1C. The average Bonchev–Trinajstić information content (AvgIpc) is 2.54. The van der Waals surface area contributed by atoms with Crippen molar-refractivity contribution in [1.29, 1.82) is 0 Å². The van der Waals surface area contributed by atoms with Gasteiger partial charge in [0, 0.05) is 12.7 Å². The van der Waals surface area contributed by atoms with Crippen LogP contribution in [0.3, 0.4) is 0 Å². The Morgan fingerprint density at radius 2 is 1.89 bits per heavy atom. The van der Waals surface area contributed by atoms with Crippen LogP contribution in [-0.4, -0.2) is 28.7 Å². The Morgan fingerprint density at radius 1 is 1.28 bits per heavy atom. The number of ether oxygens (including phenoxy) is 2. The topological polar surface area (TPSA) is 57.5 Å². The van der Waals surface area contributed by atoms with Gasteiger partial charge in [-0.3, -0.25) is 0 Å². The van der Waals surface area contributed by atoms with Gasteiger partial charge in [0.15, 0.2) is 6.61 Å². The van der Waals surface area contributed by atoms with Crippen LogP contribution in [0.2, 0.25) is 0 Å². The molecular weight excluding hydrogens is 234 g/mol. The predicted octanol–water partition coefficient (Wildman–Crippen LogP) is 1.83. The van der Waals surface area contributed by atoms with Gasteiger partial charge in [-0.25, -0.2) is 9.59 Å². The van der Waals surface area contributed by atoms with Crippen LogP contribution in [-0.2, 0) is 21.3 Å². The number of carbonyl (C=O) groups is 2. The van der Waals surface area contributed by atoms with Crippen LogP contribution in [0.15, 0.2) is 12.1 Å². The molecule has 1 aromatic rings. The molecule has 5 heteroatoms. The molecule has 18 heavy (non-hydrogen) atoms. The molecule has 0 atom stereocenters. The van der Waals surface area contributed by atoms with Crippen molar-refractivity contribution in [2.45, 2.75) is 33.3 Å². The van der Waals surface area contributed by atoms with E-state index in [4.69, 9.17) is 9.47 Å². The molecule has 0 aromatic carbocycles. The summed E-state index contributed by atoms with van der Waals surface area (Å²) in [7, 11) is 1.76. The number of nitrogens with zero attached hydrogens (tertiary/aromatic N) is 1. The number of carbonyl (C=O) groups excluding carboxylic acids is 2. The monoisotopic (exact) mass is 253 g/mol. The molecule has 1 rings (SSSR count). The van der Waals surface area contributed by atoms with Crippen molar-refractivity contribution in [2.24, 2.45) is 7.05 Å². The fraction of sp³-hybridized carbons (Fsp3) is 0.538. The first-order valence-electron chi connectivity index (χ1n) is 5.72. The molecule has 1 heterocycles. The molecular formula is C13H19NO4. The number of hydrogen-bond donors (Lipinski definition) is 0. The van der Waals surface area contributed by atoms with Gasteiger partial charge in [0.25, 0.3) is 0 Å². The van der Waals surface area contributed by atoms with Gasteiger partial charge in [-0.1, -0.05) is 0 Å². The normalized spacial score (nSPS) is 11.2. The molecule has 0 aliphatic carbocycles. The van der Waals surface area contributed by atoms with Gasteiger partial charge in [0.05, 0.1) is 0 Å². The van der Waals surface area contributed by atoms with E-state index in [9.17, 15) is 9.59 Å². The van der Waals surface area contributed by atoms with Crippen molar-refractivity contribution in [3.8, 4) is 0 Å². The quantitative estimate of drug-likeness (QED) is 0.771. The summed E-state index contributed by atoms with van der Waals surface area (Å²) in [5.41, 5.74) is 0.778. The molecule has 0 aliphatic heterocycles. The molecule has 0 fully saturated rings. The van der Waals surface area contributed by atoms with Crippen LogP contribution in [0, 0.1) is 6.92 Å². The van der Waals surface area contributed by atoms with E-state index in [-0.39, 0.29) is 6.61 Å². The molecule has 5 nitrogen and oxygen atoms in total. The standard InChI is InChI=1S/C13H19NO4/c1-9-6-7-10(14(9)5)12(16)17-8-11(15)18-13(2,3)4/h6-7H,8H2,1-5H3. The zero-order valence-electron chi connectivity index (χ0n) is 11.4. The van der Waals surface area contributed by atoms with E-state index in [1.54, 1.807) is 38.5 Å². The van der Waals surface area contributed by atoms with Crippen molar-refractivity contribution in [3.63, 3.8) is 0 Å². The Labute approximate surface area is 107 Å². The maximum Gasteiger partial charge on any atom is 0.355 e. The summed E-state index contributed by atoms with van der Waals surface area (Å²) in [6.45, 7) is 6.78. The van der Waals surface area contributed by atoms with E-state index >= 15 is 0 Å². The van der Waals surface area contributed by atoms with E-state index in [2.05, 4.69) is 0 Å². The Morgan fingerprint density at radius 3 is 2.33 bits per heavy atom. The highest BCUT2D eigenvalue weighted by Crippen LogP contribution is 2.09. The molecule has 0 unspecified atom stereocenters. The van der Waals surface area contributed by atoms with Gasteiger partial charge in [0.1, 0.15) is 11.3 Å². The highest BCUT2D eigenvalue weighted by Gasteiger charge is 2.19. The van der Waals surface area contributed by atoms with E-state index < -0.39 is 17.5 Å². The number of esters is 2. The minimum Gasteiger partial charge on any atom is -0.457 e. The second-order valence-electron chi connectivity index (χ2n) is 5.08. The lowest BCUT2D eigenvalue weighted by Gasteiger charge is -2.19. The van der Waals surface area contributed by atoms with Crippen LogP contribution in [0.5, 0.6) is 0 Å². The average molecular weight is 253 g/mol. The Kier molecular flexibility index (Phi) is 4.16. The van der Waals surface area contributed by atoms with Crippen molar-refractivity contribution < 1.29 is 19.1 Å². The van der Waals surface area contributed by atoms with Crippen molar-refractivity contribution >= 4 is 11.9 Å². The second kappa shape index (κ2) is 5.25. The van der Waals surface area contributed by atoms with Crippen LogP contribution < -0.4 is 0 Å². The summed E-state index contributed by atoms with van der Waals surface area (Å²) >= 11 is 0. The van der Waals surface area contributed by atoms with Gasteiger partial charge in [-0.05, 0) is 39.8 Å². The van der Waals surface area contributed by atoms with Gasteiger partial charge in [0.2, 0.25) is 0 Å². The number of rotatable bonds is 3. The van der Waals surface area contributed by atoms with Crippen molar-refractivity contribution in [1.82, 2.24) is 4.57 Å². The largest absolute Gasteiger partial charge is 0.457 e. The lowest BCUT2D eigenvalue weighted by Crippen LogP contribution is -2.27. The smallest absolute Gasteiger partial charge is 0.355 e. The number of aromatic nitrogens is 1. The molecule has 0 aliphatic rings. The lowest BCUT2D eigenvalue weighted by molar-refractivity contribution is -0.158. The summed E-state index contributed by atoms with van der Waals surface area (Å²) in [4.78, 5) is 23.1. The third-order valence-corrected chi connectivity index (χ3v) is 2.32. The van der Waals surface area contributed by atoms with Crippen LogP contribution in [0.1, 0.15) is 37.0 Å². The van der Waals surface area contributed by atoms with Crippen LogP contribution in [0.25, 0.3) is 0 Å². The summed E-state index contributed by atoms with van der Waals surface area (Å²) in [6.07, 6.45) is 0. The van der Waals surface area contributed by atoms with E-state index in [0.717, 1.165) is 5.69 Å². The van der Waals surface area contributed by atoms with Crippen molar-refractivity contribution in [2.75, 3.05) is 6.61 Å². The van der Waals surface area contributed by atoms with Gasteiger partial charge < -0.3 is 14.0 Å². The fourth-order valence-corrected chi connectivity index (χ4v) is 1.39. The van der Waals surface area contributed by atoms with E-state index in [0.29, 0.717) is 5.69 Å². The zero-order valence-corrected chi connectivity index (χ0v) is 11.4. The lowest BCUT2D eigenvalue weighted by atomic mass is 10.2. The second-order valence-corrected chi connectivity index (χ2v) is 5.08. The fourth-order valence-electron chi connectivity index (χ4n) is 1.39. The third kappa shape index (κ3) is 3.91. The van der Waals surface area contributed by atoms with Gasteiger partial charge in [-0.15, -0.1) is 0 Å². The zero-order chi connectivity index (χ0) is 13.9. The first-order chi connectivity index (χ1) is 8.20. The first kappa shape index (κ1) is 14.3. The molecule has 1 aromatic heterocycles. The Hall–Kier alpha value is -1.78. The molecule has 0 N–H and O–H groups in total. The maximum absolute atomic E-state index is 11.7. The third-order valence-electron chi connectivity index (χ3n) is 2.32. The number of hydrogen-bond acceptors (Lipinski definition) is 4. The van der Waals surface area contributed by atoms with Gasteiger partial charge in [-0.2, -0.15) is 0 Å². The molecule has 0 radical (unpaired) electrons. The molecule has 0 amide bonds. The minimum atomic E-state index is -0.578. The Bertz CT molecular complexity index is 454. The predicted molar refractivity (Wildman–Crippen MR) is 66.3 cm³/mol. The highest BCUT2D eigenvalue weighted by molar-refractivity contribution is 5.89. The van der Waals surface area contributed by atoms with E-state index in [1.807, 2.05) is 13.0 Å². The summed E-state index contributed by atoms with van der Waals surface area (Å²) in [5.74, 6) is -1.08. The maximum atomic E-state index is 11.7. The number of aryl methyl sites for hydroxylation is 1.